The molecule has 13 heavy (non-hydrogen) atoms. The molecule has 69 valence electrons. The van der Waals surface area contributed by atoms with Gasteiger partial charge in [-0.2, -0.15) is 0 Å². The first-order chi connectivity index (χ1) is 5.95. The van der Waals surface area contributed by atoms with Crippen molar-refractivity contribution in [3.8, 4) is 0 Å². The number of hydrogen-bond acceptors (Lipinski definition) is 1. The number of hydrogen-bond donors (Lipinski definition) is 1. The normalized spacial score (nSPS) is 10.2. The maximum absolute atomic E-state index is 10.7. The average molecular weight is 437 g/mol. The van der Waals surface area contributed by atoms with Gasteiger partial charge in [0, 0.05) is 24.0 Å². The molecule has 1 aromatic rings. The van der Waals surface area contributed by atoms with Crippen LogP contribution in [0.4, 0.5) is 0 Å². The third kappa shape index (κ3) is 2.34. The third-order valence-electron chi connectivity index (χ3n) is 1.25. The highest BCUT2D eigenvalue weighted by molar-refractivity contribution is 9.15. The number of rotatable bonds is 1. The molecule has 0 aromatic heterocycles. The molecule has 0 unspecified atom stereocenters. The van der Waals surface area contributed by atoms with Crippen molar-refractivity contribution in [2.45, 2.75) is 0 Å². The number of benzene rings is 1. The zero-order chi connectivity index (χ0) is 10.2. The van der Waals surface area contributed by atoms with Gasteiger partial charge in [0.2, 0.25) is 0 Å². The van der Waals surface area contributed by atoms with Crippen LogP contribution >= 0.6 is 63.7 Å². The van der Waals surface area contributed by atoms with Crippen LogP contribution in [0.1, 0.15) is 10.4 Å². The lowest BCUT2D eigenvalue weighted by Crippen LogP contribution is -1.99. The second kappa shape index (κ2) is 4.42. The Morgan fingerprint density at radius 1 is 1.08 bits per heavy atom. The number of carboxylic acids is 1. The first-order valence-electron chi connectivity index (χ1n) is 2.93. The van der Waals surface area contributed by atoms with E-state index in [1.807, 2.05) is 0 Å². The molecule has 0 fully saturated rings. The highest BCUT2D eigenvalue weighted by Crippen LogP contribution is 2.38. The molecule has 0 heterocycles. The van der Waals surface area contributed by atoms with Crippen molar-refractivity contribution < 1.29 is 9.90 Å². The van der Waals surface area contributed by atoms with Gasteiger partial charge in [-0.15, -0.1) is 0 Å². The van der Waals surface area contributed by atoms with Crippen LogP contribution in [0.3, 0.4) is 0 Å². The Balaban J connectivity index is 3.50. The van der Waals surface area contributed by atoms with Gasteiger partial charge >= 0.3 is 5.97 Å². The van der Waals surface area contributed by atoms with Gasteiger partial charge < -0.3 is 5.11 Å². The molecular formula is C7HBr4O2. The van der Waals surface area contributed by atoms with Crippen molar-refractivity contribution in [2.24, 2.45) is 0 Å². The minimum Gasteiger partial charge on any atom is -0.478 e. The fourth-order valence-corrected chi connectivity index (χ4v) is 2.76. The first kappa shape index (κ1) is 11.7. The van der Waals surface area contributed by atoms with E-state index >= 15 is 0 Å². The lowest BCUT2D eigenvalue weighted by molar-refractivity contribution is 0.0695. The molecule has 0 bridgehead atoms. The molecule has 1 rings (SSSR count). The molecule has 6 heteroatoms. The summed E-state index contributed by atoms with van der Waals surface area (Å²) in [4.78, 5) is 10.7. The van der Waals surface area contributed by atoms with Gasteiger partial charge in [0.05, 0.1) is 5.56 Å². The second-order valence-electron chi connectivity index (χ2n) is 2.06. The Morgan fingerprint density at radius 3 is 2.08 bits per heavy atom. The van der Waals surface area contributed by atoms with Crippen molar-refractivity contribution in [3.05, 3.63) is 29.5 Å². The van der Waals surface area contributed by atoms with Crippen LogP contribution in [0.5, 0.6) is 0 Å². The zero-order valence-electron chi connectivity index (χ0n) is 5.87. The lowest BCUT2D eigenvalue weighted by Gasteiger charge is -2.05. The van der Waals surface area contributed by atoms with Crippen molar-refractivity contribution in [3.63, 3.8) is 0 Å². The SMILES string of the molecule is O=C(O)c1[c]c(Br)c(Br)c(Br)c1Br. The number of aromatic carboxylic acids is 1. The third-order valence-corrected chi connectivity index (χ3v) is 5.82. The zero-order valence-corrected chi connectivity index (χ0v) is 12.2. The lowest BCUT2D eigenvalue weighted by atomic mass is 10.2. The van der Waals surface area contributed by atoms with E-state index < -0.39 is 5.97 Å². The smallest absolute Gasteiger partial charge is 0.337 e. The van der Waals surface area contributed by atoms with E-state index in [1.54, 1.807) is 0 Å². The van der Waals surface area contributed by atoms with Crippen molar-refractivity contribution in [2.75, 3.05) is 0 Å². The molecule has 0 amide bonds. The van der Waals surface area contributed by atoms with Gasteiger partial charge in [0.1, 0.15) is 0 Å². The van der Waals surface area contributed by atoms with E-state index in [0.717, 1.165) is 4.47 Å². The van der Waals surface area contributed by atoms with Gasteiger partial charge in [-0.05, 0) is 63.7 Å². The molecular weight excluding hydrogens is 436 g/mol. The topological polar surface area (TPSA) is 37.3 Å². The Morgan fingerprint density at radius 2 is 1.62 bits per heavy atom. The minimum absolute atomic E-state index is 0.0851. The molecule has 0 aliphatic carbocycles. The Bertz CT molecular complexity index is 375. The van der Waals surface area contributed by atoms with Gasteiger partial charge in [-0.1, -0.05) is 0 Å². The molecule has 1 aromatic carbocycles. The van der Waals surface area contributed by atoms with Crippen molar-refractivity contribution in [1.82, 2.24) is 0 Å². The van der Waals surface area contributed by atoms with Crippen LogP contribution in [-0.4, -0.2) is 11.1 Å². The van der Waals surface area contributed by atoms with Gasteiger partial charge in [-0.25, -0.2) is 4.79 Å². The quantitative estimate of drug-likeness (QED) is 0.528. The second-order valence-corrected chi connectivity index (χ2v) is 5.23. The molecule has 0 spiro atoms. The Hall–Kier alpha value is 0.610. The predicted octanol–water partition coefficient (Wildman–Crippen LogP) is 4.23. The molecule has 2 nitrogen and oxygen atoms in total. The van der Waals surface area contributed by atoms with Gasteiger partial charge in [-0.3, -0.25) is 0 Å². The largest absolute Gasteiger partial charge is 0.478 e. The molecule has 0 aliphatic heterocycles. The van der Waals surface area contributed by atoms with Gasteiger partial charge in [0.15, 0.2) is 0 Å². The van der Waals surface area contributed by atoms with E-state index in [0.29, 0.717) is 13.4 Å². The maximum atomic E-state index is 10.7. The van der Waals surface area contributed by atoms with Crippen LogP contribution in [0.15, 0.2) is 17.9 Å². The minimum atomic E-state index is -1.03. The van der Waals surface area contributed by atoms with E-state index in [4.69, 9.17) is 5.11 Å². The highest BCUT2D eigenvalue weighted by atomic mass is 79.9. The average Bonchev–Trinajstić information content (AvgIpc) is 2.07. The van der Waals surface area contributed by atoms with Crippen molar-refractivity contribution in [1.29, 1.82) is 0 Å². The van der Waals surface area contributed by atoms with E-state index in [2.05, 4.69) is 69.8 Å². The van der Waals surface area contributed by atoms with E-state index in [-0.39, 0.29) is 5.56 Å². The van der Waals surface area contributed by atoms with Crippen LogP contribution < -0.4 is 0 Å². The Labute approximate surface area is 108 Å². The summed E-state index contributed by atoms with van der Waals surface area (Å²) in [6, 6.07) is 2.68. The van der Waals surface area contributed by atoms with E-state index in [1.165, 1.54) is 0 Å². The summed E-state index contributed by atoms with van der Waals surface area (Å²) in [5, 5.41) is 8.79. The van der Waals surface area contributed by atoms with E-state index in [9.17, 15) is 4.79 Å². The monoisotopic (exact) mass is 433 g/mol. The standard InChI is InChI=1S/C7HBr4O2/c8-3-1-2(7(12)13)4(9)6(11)5(3)10/h(H,12,13). The predicted molar refractivity (Wildman–Crippen MR) is 63.0 cm³/mol. The fourth-order valence-electron chi connectivity index (χ4n) is 0.669. The molecule has 0 aliphatic rings. The number of carbonyl (C=O) groups is 1. The summed E-state index contributed by atoms with van der Waals surface area (Å²) < 4.78 is 2.41. The highest BCUT2D eigenvalue weighted by Gasteiger charge is 2.16. The fraction of sp³-hybridized carbons (Fsp3) is 0. The summed E-state index contributed by atoms with van der Waals surface area (Å²) in [6.45, 7) is 0. The van der Waals surface area contributed by atoms with Gasteiger partial charge in [0.25, 0.3) is 0 Å². The molecule has 0 atom stereocenters. The molecule has 1 radical (unpaired) electrons. The summed E-state index contributed by atoms with van der Waals surface area (Å²) in [7, 11) is 0. The molecule has 0 saturated carbocycles. The Kier molecular flexibility index (Phi) is 3.97. The maximum Gasteiger partial charge on any atom is 0.337 e. The van der Waals surface area contributed by atoms with Crippen LogP contribution in [-0.2, 0) is 0 Å². The molecule has 1 N–H and O–H groups in total. The first-order valence-corrected chi connectivity index (χ1v) is 6.11. The van der Waals surface area contributed by atoms with Crippen LogP contribution in [0.25, 0.3) is 0 Å². The van der Waals surface area contributed by atoms with Crippen LogP contribution in [0, 0.1) is 6.07 Å². The summed E-state index contributed by atoms with van der Waals surface area (Å²) in [6.07, 6.45) is 0. The summed E-state index contributed by atoms with van der Waals surface area (Å²) in [5.41, 5.74) is 0.0851. The summed E-state index contributed by atoms with van der Waals surface area (Å²) >= 11 is 12.8. The van der Waals surface area contributed by atoms with Crippen molar-refractivity contribution >= 4 is 69.7 Å². The number of halogens is 4. The number of carboxylic acid groups (broad SMARTS) is 1. The van der Waals surface area contributed by atoms with Crippen LogP contribution in [0.2, 0.25) is 0 Å². The molecule has 0 saturated heterocycles. The summed E-state index contributed by atoms with van der Waals surface area (Å²) in [5.74, 6) is -1.03.